The minimum Gasteiger partial charge on any atom is -0.480 e. The summed E-state index contributed by atoms with van der Waals surface area (Å²) in [6.45, 7) is 12.2. The van der Waals surface area contributed by atoms with Crippen molar-refractivity contribution in [2.45, 2.75) is 161 Å². The fourth-order valence-corrected chi connectivity index (χ4v) is 9.96. The quantitative estimate of drug-likeness (QED) is 0.0938. The maximum atomic E-state index is 14.7. The highest BCUT2D eigenvalue weighted by atomic mass is 16.5. The molecule has 4 rings (SSSR count). The van der Waals surface area contributed by atoms with Crippen molar-refractivity contribution in [2.24, 2.45) is 17.8 Å². The van der Waals surface area contributed by atoms with E-state index in [-0.39, 0.29) is 67.2 Å². The Kier molecular flexibility index (Phi) is 20.5. The van der Waals surface area contributed by atoms with Gasteiger partial charge in [-0.15, -0.1) is 0 Å². The molecule has 1 aromatic rings. The lowest BCUT2D eigenvalue weighted by molar-refractivity contribution is -0.153. The van der Waals surface area contributed by atoms with Gasteiger partial charge in [0, 0.05) is 65.9 Å². The van der Waals surface area contributed by atoms with E-state index in [0.717, 1.165) is 18.4 Å². The van der Waals surface area contributed by atoms with E-state index in [9.17, 15) is 43.5 Å². The number of likely N-dealkylation sites (tertiary alicyclic amines) is 2. The topological polar surface area (TPSA) is 212 Å². The molecule has 7 unspecified atom stereocenters. The molecular formula is C50H76N6O11. The van der Waals surface area contributed by atoms with Crippen LogP contribution in [0.3, 0.4) is 0 Å². The van der Waals surface area contributed by atoms with Crippen molar-refractivity contribution in [1.29, 1.82) is 0 Å². The number of rotatable bonds is 25. The number of carbonyl (C=O) groups is 8. The van der Waals surface area contributed by atoms with Crippen LogP contribution in [0.4, 0.5) is 0 Å². The zero-order valence-electron chi connectivity index (χ0n) is 41.2. The highest BCUT2D eigenvalue weighted by molar-refractivity contribution is 6.12. The Morgan fingerprint density at radius 2 is 1.55 bits per heavy atom. The highest BCUT2D eigenvalue weighted by Gasteiger charge is 2.47. The molecule has 3 N–H and O–H groups in total. The monoisotopic (exact) mass is 937 g/mol. The first-order valence-electron chi connectivity index (χ1n) is 24.1. The van der Waals surface area contributed by atoms with Crippen molar-refractivity contribution in [1.82, 2.24) is 30.2 Å². The van der Waals surface area contributed by atoms with Crippen molar-refractivity contribution in [3.63, 3.8) is 0 Å². The van der Waals surface area contributed by atoms with Crippen LogP contribution < -0.4 is 10.6 Å². The Balaban J connectivity index is 1.43. The molecule has 67 heavy (non-hydrogen) atoms. The third-order valence-electron chi connectivity index (χ3n) is 14.2. The van der Waals surface area contributed by atoms with Crippen LogP contribution in [0, 0.1) is 17.8 Å². The number of imide groups is 1. The second-order valence-electron chi connectivity index (χ2n) is 19.1. The number of carbonyl (C=O) groups excluding carboxylic acids is 7. The molecule has 3 aliphatic rings. The minimum atomic E-state index is -1.19. The lowest BCUT2D eigenvalue weighted by Gasteiger charge is -2.45. The molecule has 0 saturated carbocycles. The van der Waals surface area contributed by atoms with Gasteiger partial charge in [0.05, 0.1) is 36.6 Å². The number of hydrogen-bond donors (Lipinski definition) is 3. The Hall–Kier alpha value is -5.16. The summed E-state index contributed by atoms with van der Waals surface area (Å²) in [7, 11) is 4.66. The van der Waals surface area contributed by atoms with Crippen molar-refractivity contribution in [3.8, 4) is 0 Å². The van der Waals surface area contributed by atoms with E-state index in [0.29, 0.717) is 58.0 Å². The second kappa shape index (κ2) is 25.3. The summed E-state index contributed by atoms with van der Waals surface area (Å²) >= 11 is 0. The highest BCUT2D eigenvalue weighted by Crippen LogP contribution is 2.32. The average Bonchev–Trinajstić information content (AvgIpc) is 3.92. The fraction of sp³-hybridized carbons (Fsp3) is 0.680. The minimum absolute atomic E-state index is 0.0750. The van der Waals surface area contributed by atoms with Crippen molar-refractivity contribution >= 4 is 47.3 Å². The third-order valence-corrected chi connectivity index (χ3v) is 14.2. The summed E-state index contributed by atoms with van der Waals surface area (Å²) in [5.74, 6) is -4.75. The molecule has 2 fully saturated rings. The average molecular weight is 937 g/mol. The first-order chi connectivity index (χ1) is 31.8. The number of unbranched alkanes of at least 4 members (excludes halogenated alkanes) is 2. The Morgan fingerprint density at radius 1 is 0.881 bits per heavy atom. The van der Waals surface area contributed by atoms with Crippen LogP contribution in [-0.4, -0.2) is 155 Å². The molecule has 1 aromatic carbocycles. The molecule has 0 aromatic heterocycles. The maximum Gasteiger partial charge on any atom is 0.326 e. The molecule has 3 aliphatic heterocycles. The zero-order valence-corrected chi connectivity index (χ0v) is 41.2. The van der Waals surface area contributed by atoms with Crippen LogP contribution in [-0.2, 0) is 54.3 Å². The van der Waals surface area contributed by atoms with Crippen LogP contribution in [0.2, 0.25) is 0 Å². The molecule has 17 heteroatoms. The summed E-state index contributed by atoms with van der Waals surface area (Å²) in [5.41, 5.74) is -0.426. The Bertz CT molecular complexity index is 1910. The van der Waals surface area contributed by atoms with Crippen LogP contribution in [0.1, 0.15) is 118 Å². The molecule has 9 atom stereocenters. The molecule has 0 radical (unpaired) electrons. The summed E-state index contributed by atoms with van der Waals surface area (Å²) < 4.78 is 12.0. The summed E-state index contributed by atoms with van der Waals surface area (Å²) in [4.78, 5) is 113. The van der Waals surface area contributed by atoms with Gasteiger partial charge in [0.15, 0.2) is 0 Å². The van der Waals surface area contributed by atoms with Gasteiger partial charge in [0.1, 0.15) is 17.6 Å². The van der Waals surface area contributed by atoms with E-state index in [1.807, 2.05) is 33.8 Å². The van der Waals surface area contributed by atoms with Crippen molar-refractivity contribution in [3.05, 3.63) is 48.0 Å². The van der Waals surface area contributed by atoms with Crippen LogP contribution in [0.25, 0.3) is 0 Å². The lowest BCUT2D eigenvalue weighted by atomic mass is 9.86. The largest absolute Gasteiger partial charge is 0.480 e. The van der Waals surface area contributed by atoms with Crippen molar-refractivity contribution < 1.29 is 52.9 Å². The number of ether oxygens (including phenoxy) is 2. The van der Waals surface area contributed by atoms with Gasteiger partial charge in [-0.1, -0.05) is 77.8 Å². The van der Waals surface area contributed by atoms with E-state index in [1.165, 1.54) is 31.3 Å². The standard InChI is InChI=1S/C50H76N6O11/c1-10-33(4)44(38(66-8)31-42(60)54-28-19-22-37(54)45(67-9)34(5)46(61)51-36(48(63)64)30-35-20-13-11-14-21-35)53(7)47(62)43(32(2)3)52-49(65)50(6)26-16-18-29-56(50)41(59)23-15-12-17-27-55-39(57)24-25-40(55)58/h11,13-14,20-21,24-25,32-34,36-38,43-45H,10,12,15-19,22-23,26-31H2,1-9H3,(H,51,61)(H,52,65)(H,63,64)/t33?,34?,36?,37-,38?,43?,44?,45?,50+/m0/s1. The summed E-state index contributed by atoms with van der Waals surface area (Å²) in [6.07, 6.45) is 6.76. The molecule has 17 nitrogen and oxygen atoms in total. The number of methoxy groups -OCH3 is 2. The number of benzene rings is 1. The summed E-state index contributed by atoms with van der Waals surface area (Å²) in [6, 6.07) is 5.88. The van der Waals surface area contributed by atoms with Gasteiger partial charge < -0.3 is 39.9 Å². The third kappa shape index (κ3) is 13.7. The van der Waals surface area contributed by atoms with E-state index in [1.54, 1.807) is 59.9 Å². The fourth-order valence-electron chi connectivity index (χ4n) is 9.96. The number of carboxylic acid groups (broad SMARTS) is 1. The normalized spacial score (nSPS) is 21.6. The van der Waals surface area contributed by atoms with Gasteiger partial charge in [-0.2, -0.15) is 0 Å². The van der Waals surface area contributed by atoms with Gasteiger partial charge in [0.2, 0.25) is 29.5 Å². The molecule has 2 saturated heterocycles. The molecule has 3 heterocycles. The van der Waals surface area contributed by atoms with Crippen molar-refractivity contribution in [2.75, 3.05) is 40.9 Å². The predicted octanol–water partition coefficient (Wildman–Crippen LogP) is 4.12. The second-order valence-corrected chi connectivity index (χ2v) is 19.1. The number of amides is 7. The predicted molar refractivity (Wildman–Crippen MR) is 251 cm³/mol. The molecule has 7 amide bonds. The SMILES string of the molecule is CCC(C)C(C(CC(=O)N1CCC[C@H]1C(OC)C(C)C(=O)NC(Cc1ccccc1)C(=O)O)OC)N(C)C(=O)C(NC(=O)[C@@]1(C)CCCCN1C(=O)CCCCCN1C(=O)C=CC1=O)C(C)C. The van der Waals surface area contributed by atoms with Gasteiger partial charge in [0.25, 0.3) is 11.8 Å². The number of carboxylic acids is 1. The molecule has 0 aliphatic carbocycles. The van der Waals surface area contributed by atoms with Crippen LogP contribution >= 0.6 is 0 Å². The number of nitrogens with one attached hydrogen (secondary N) is 2. The van der Waals surface area contributed by atoms with Crippen LogP contribution in [0.5, 0.6) is 0 Å². The van der Waals surface area contributed by atoms with Crippen LogP contribution in [0.15, 0.2) is 42.5 Å². The number of likely N-dealkylation sites (N-methyl/N-ethyl adjacent to an activating group) is 1. The zero-order chi connectivity index (χ0) is 49.6. The molecule has 0 spiro atoms. The van der Waals surface area contributed by atoms with Gasteiger partial charge >= 0.3 is 5.97 Å². The number of hydrogen-bond acceptors (Lipinski definition) is 10. The van der Waals surface area contributed by atoms with Gasteiger partial charge in [-0.25, -0.2) is 4.79 Å². The number of nitrogens with zero attached hydrogens (tertiary/aromatic N) is 4. The van der Waals surface area contributed by atoms with E-state index < -0.39 is 65.6 Å². The van der Waals surface area contributed by atoms with Gasteiger partial charge in [-0.05, 0) is 69.3 Å². The lowest BCUT2D eigenvalue weighted by Crippen LogP contribution is -2.65. The molecule has 0 bridgehead atoms. The first-order valence-corrected chi connectivity index (χ1v) is 24.1. The first kappa shape index (κ1) is 54.4. The van der Waals surface area contributed by atoms with Gasteiger partial charge in [-0.3, -0.25) is 38.5 Å². The smallest absolute Gasteiger partial charge is 0.326 e. The van der Waals surface area contributed by atoms with E-state index >= 15 is 0 Å². The van der Waals surface area contributed by atoms with E-state index in [2.05, 4.69) is 10.6 Å². The molecular weight excluding hydrogens is 861 g/mol. The van der Waals surface area contributed by atoms with E-state index in [4.69, 9.17) is 9.47 Å². The Labute approximate surface area is 396 Å². The number of aliphatic carboxylic acids is 1. The Morgan fingerprint density at radius 3 is 2.15 bits per heavy atom. The summed E-state index contributed by atoms with van der Waals surface area (Å²) in [5, 5.41) is 15.7. The maximum absolute atomic E-state index is 14.7. The molecule has 372 valence electrons. The number of piperidine rings is 1.